The van der Waals surface area contributed by atoms with Crippen molar-refractivity contribution in [3.05, 3.63) is 41.5 Å². The molecule has 0 aliphatic carbocycles. The summed E-state index contributed by atoms with van der Waals surface area (Å²) in [6.07, 6.45) is 3.83. The molecule has 0 fully saturated rings. The fourth-order valence-corrected chi connectivity index (χ4v) is 1.76. The fraction of sp³-hybridized carbons (Fsp3) is 0.400. The van der Waals surface area contributed by atoms with Gasteiger partial charge < -0.3 is 10.4 Å². The quantitative estimate of drug-likeness (QED) is 0.808. The highest BCUT2D eigenvalue weighted by Gasteiger charge is 2.16. The molecule has 0 bridgehead atoms. The first-order valence-corrected chi connectivity index (χ1v) is 6.48. The molecular formula is C15H19F2NO2. The molecule has 3 nitrogen and oxygen atoms in total. The van der Waals surface area contributed by atoms with Gasteiger partial charge in [0.25, 0.3) is 0 Å². The SMILES string of the molecule is CC(C)CC(NC/C=C/c1ccc(F)c(F)c1)C(=O)O. The Morgan fingerprint density at radius 1 is 1.35 bits per heavy atom. The molecule has 0 aliphatic heterocycles. The van der Waals surface area contributed by atoms with E-state index < -0.39 is 23.6 Å². The number of nitrogens with one attached hydrogen (secondary N) is 1. The van der Waals surface area contributed by atoms with Crippen molar-refractivity contribution >= 4 is 12.0 Å². The lowest BCUT2D eigenvalue weighted by Crippen LogP contribution is -2.37. The standard InChI is InChI=1S/C15H19F2NO2/c1-10(2)8-14(15(19)20)18-7-3-4-11-5-6-12(16)13(17)9-11/h3-6,9-10,14,18H,7-8H2,1-2H3,(H,19,20)/b4-3+. The topological polar surface area (TPSA) is 49.3 Å². The fourth-order valence-electron chi connectivity index (χ4n) is 1.76. The van der Waals surface area contributed by atoms with Gasteiger partial charge in [-0.1, -0.05) is 32.1 Å². The minimum absolute atomic E-state index is 0.277. The molecule has 1 aromatic rings. The van der Waals surface area contributed by atoms with Gasteiger partial charge in [-0.3, -0.25) is 4.79 Å². The van der Waals surface area contributed by atoms with Crippen molar-refractivity contribution in [2.24, 2.45) is 5.92 Å². The van der Waals surface area contributed by atoms with Crippen LogP contribution in [0, 0.1) is 17.6 Å². The second kappa shape index (κ2) is 7.75. The second-order valence-corrected chi connectivity index (χ2v) is 5.00. The lowest BCUT2D eigenvalue weighted by Gasteiger charge is -2.15. The second-order valence-electron chi connectivity index (χ2n) is 5.00. The predicted octanol–water partition coefficient (Wildman–Crippen LogP) is 3.07. The molecule has 0 heterocycles. The number of carbonyl (C=O) groups is 1. The molecule has 0 spiro atoms. The lowest BCUT2D eigenvalue weighted by molar-refractivity contribution is -0.139. The first-order valence-electron chi connectivity index (χ1n) is 6.48. The number of halogens is 2. The van der Waals surface area contributed by atoms with Crippen molar-refractivity contribution < 1.29 is 18.7 Å². The average molecular weight is 283 g/mol. The van der Waals surface area contributed by atoms with Crippen LogP contribution in [0.2, 0.25) is 0 Å². The minimum Gasteiger partial charge on any atom is -0.480 e. The summed E-state index contributed by atoms with van der Waals surface area (Å²) in [5, 5.41) is 11.9. The van der Waals surface area contributed by atoms with Crippen LogP contribution in [-0.4, -0.2) is 23.7 Å². The van der Waals surface area contributed by atoms with Gasteiger partial charge >= 0.3 is 5.97 Å². The highest BCUT2D eigenvalue weighted by Crippen LogP contribution is 2.10. The van der Waals surface area contributed by atoms with Crippen molar-refractivity contribution in [3.8, 4) is 0 Å². The highest BCUT2D eigenvalue weighted by atomic mass is 19.2. The van der Waals surface area contributed by atoms with Gasteiger partial charge in [-0.15, -0.1) is 0 Å². The zero-order chi connectivity index (χ0) is 15.1. The summed E-state index contributed by atoms with van der Waals surface area (Å²) in [6.45, 7) is 4.26. The van der Waals surface area contributed by atoms with Crippen LogP contribution < -0.4 is 5.32 Å². The van der Waals surface area contributed by atoms with Crippen molar-refractivity contribution in [1.29, 1.82) is 0 Å². The molecule has 0 aromatic heterocycles. The van der Waals surface area contributed by atoms with Gasteiger partial charge in [-0.2, -0.15) is 0 Å². The molecule has 0 aliphatic rings. The zero-order valence-electron chi connectivity index (χ0n) is 11.6. The molecule has 110 valence electrons. The summed E-state index contributed by atoms with van der Waals surface area (Å²) in [5.74, 6) is -2.40. The van der Waals surface area contributed by atoms with E-state index in [0.717, 1.165) is 12.1 Å². The number of carboxylic acids is 1. The van der Waals surface area contributed by atoms with Crippen LogP contribution in [0.15, 0.2) is 24.3 Å². The predicted molar refractivity (Wildman–Crippen MR) is 74.3 cm³/mol. The summed E-state index contributed by atoms with van der Waals surface area (Å²) in [5.41, 5.74) is 0.529. The monoisotopic (exact) mass is 283 g/mol. The van der Waals surface area contributed by atoms with E-state index in [1.54, 1.807) is 12.2 Å². The average Bonchev–Trinajstić information content (AvgIpc) is 2.36. The van der Waals surface area contributed by atoms with E-state index >= 15 is 0 Å². The minimum atomic E-state index is -0.900. The van der Waals surface area contributed by atoms with Crippen LogP contribution in [-0.2, 0) is 4.79 Å². The van der Waals surface area contributed by atoms with E-state index in [4.69, 9.17) is 5.11 Å². The molecule has 0 radical (unpaired) electrons. The molecule has 0 amide bonds. The van der Waals surface area contributed by atoms with Crippen LogP contribution in [0.1, 0.15) is 25.8 Å². The largest absolute Gasteiger partial charge is 0.480 e. The first-order chi connectivity index (χ1) is 9.40. The third-order valence-corrected chi connectivity index (χ3v) is 2.74. The molecule has 20 heavy (non-hydrogen) atoms. The summed E-state index contributed by atoms with van der Waals surface area (Å²) in [4.78, 5) is 11.0. The van der Waals surface area contributed by atoms with Crippen LogP contribution >= 0.6 is 0 Å². The Kier molecular flexibility index (Phi) is 6.31. The van der Waals surface area contributed by atoms with Gasteiger partial charge in [-0.05, 0) is 30.0 Å². The number of rotatable bonds is 7. The first kappa shape index (κ1) is 16.3. The third-order valence-electron chi connectivity index (χ3n) is 2.74. The Labute approximate surface area is 117 Å². The van der Waals surface area contributed by atoms with E-state index in [2.05, 4.69) is 5.32 Å². The Hall–Kier alpha value is -1.75. The smallest absolute Gasteiger partial charge is 0.320 e. The molecule has 0 saturated carbocycles. The number of aliphatic carboxylic acids is 1. The Morgan fingerprint density at radius 3 is 2.60 bits per heavy atom. The lowest BCUT2D eigenvalue weighted by atomic mass is 10.0. The van der Waals surface area contributed by atoms with Gasteiger partial charge in [0.1, 0.15) is 6.04 Å². The van der Waals surface area contributed by atoms with Gasteiger partial charge in [0.15, 0.2) is 11.6 Å². The summed E-state index contributed by atoms with van der Waals surface area (Å²) in [7, 11) is 0. The van der Waals surface area contributed by atoms with Gasteiger partial charge in [0.05, 0.1) is 0 Å². The zero-order valence-corrected chi connectivity index (χ0v) is 11.6. The third kappa shape index (κ3) is 5.48. The van der Waals surface area contributed by atoms with Crippen LogP contribution in [0.25, 0.3) is 6.08 Å². The maximum atomic E-state index is 13.0. The molecule has 1 rings (SSSR count). The molecular weight excluding hydrogens is 264 g/mol. The molecule has 5 heteroatoms. The van der Waals surface area contributed by atoms with E-state index in [-0.39, 0.29) is 5.92 Å². The van der Waals surface area contributed by atoms with E-state index in [0.29, 0.717) is 18.5 Å². The van der Waals surface area contributed by atoms with Gasteiger partial charge in [0, 0.05) is 6.54 Å². The van der Waals surface area contributed by atoms with E-state index in [1.165, 1.54) is 6.07 Å². The molecule has 1 unspecified atom stereocenters. The van der Waals surface area contributed by atoms with Crippen molar-refractivity contribution in [3.63, 3.8) is 0 Å². The van der Waals surface area contributed by atoms with E-state index in [9.17, 15) is 13.6 Å². The summed E-state index contributed by atoms with van der Waals surface area (Å²) < 4.78 is 25.7. The van der Waals surface area contributed by atoms with Gasteiger partial charge in [-0.25, -0.2) is 8.78 Å². The number of carboxylic acid groups (broad SMARTS) is 1. The molecule has 1 atom stereocenters. The number of benzene rings is 1. The van der Waals surface area contributed by atoms with Crippen molar-refractivity contribution in [2.75, 3.05) is 6.54 Å². The van der Waals surface area contributed by atoms with Crippen LogP contribution in [0.5, 0.6) is 0 Å². The van der Waals surface area contributed by atoms with Crippen LogP contribution in [0.3, 0.4) is 0 Å². The van der Waals surface area contributed by atoms with Gasteiger partial charge in [0.2, 0.25) is 0 Å². The Morgan fingerprint density at radius 2 is 2.05 bits per heavy atom. The molecule has 2 N–H and O–H groups in total. The number of hydrogen-bond acceptors (Lipinski definition) is 2. The van der Waals surface area contributed by atoms with E-state index in [1.807, 2.05) is 13.8 Å². The maximum Gasteiger partial charge on any atom is 0.320 e. The van der Waals surface area contributed by atoms with Crippen LogP contribution in [0.4, 0.5) is 8.78 Å². The number of hydrogen-bond donors (Lipinski definition) is 2. The molecule has 0 saturated heterocycles. The highest BCUT2D eigenvalue weighted by molar-refractivity contribution is 5.73. The summed E-state index contributed by atoms with van der Waals surface area (Å²) >= 11 is 0. The van der Waals surface area contributed by atoms with Crippen molar-refractivity contribution in [2.45, 2.75) is 26.3 Å². The normalized spacial score (nSPS) is 13.1. The van der Waals surface area contributed by atoms with Crippen molar-refractivity contribution in [1.82, 2.24) is 5.32 Å². The maximum absolute atomic E-state index is 13.0. The molecule has 1 aromatic carbocycles. The Bertz CT molecular complexity index is 487. The summed E-state index contributed by atoms with van der Waals surface area (Å²) in [6, 6.07) is 3.00. The Balaban J connectivity index is 2.51.